The largest absolute Gasteiger partial charge is 0.321 e. The van der Waals surface area contributed by atoms with Crippen molar-refractivity contribution in [3.63, 3.8) is 0 Å². The Morgan fingerprint density at radius 3 is 1.41 bits per heavy atom. The summed E-state index contributed by atoms with van der Waals surface area (Å²) in [6, 6.07) is 22.1. The van der Waals surface area contributed by atoms with Gasteiger partial charge in [-0.2, -0.15) is 0 Å². The van der Waals surface area contributed by atoms with E-state index in [1.807, 2.05) is 50.2 Å². The van der Waals surface area contributed by atoms with E-state index in [1.165, 1.54) is 0 Å². The third-order valence-corrected chi connectivity index (χ3v) is 4.40. The molecule has 160 valence electrons. The highest BCUT2D eigenvalue weighted by Gasteiger charge is 2.06. The van der Waals surface area contributed by atoms with Gasteiger partial charge in [-0.05, 0) is 62.4 Å². The molecule has 2 N–H and O–H groups in total. The van der Waals surface area contributed by atoms with E-state index >= 15 is 0 Å². The lowest BCUT2D eigenvalue weighted by molar-refractivity contribution is 0.101. The Kier molecular flexibility index (Phi) is 7.81. The molecule has 0 saturated carbocycles. The lowest BCUT2D eigenvalue weighted by Gasteiger charge is -2.04. The summed E-state index contributed by atoms with van der Waals surface area (Å²) in [7, 11) is 0. The maximum atomic E-state index is 11.8. The summed E-state index contributed by atoms with van der Waals surface area (Å²) in [6.07, 6.45) is 6.58. The highest BCUT2D eigenvalue weighted by molar-refractivity contribution is 6.04. The Labute approximate surface area is 187 Å². The van der Waals surface area contributed by atoms with Crippen LogP contribution in [0.1, 0.15) is 31.8 Å². The first kappa shape index (κ1) is 22.4. The summed E-state index contributed by atoms with van der Waals surface area (Å²) < 4.78 is 0. The topological polar surface area (TPSA) is 84.0 Å². The number of hydrogen-bond donors (Lipinski definition) is 2. The number of aryl methyl sites for hydroxylation is 2. The third kappa shape index (κ3) is 6.88. The van der Waals surface area contributed by atoms with Crippen LogP contribution >= 0.6 is 0 Å². The molecule has 2 aromatic carbocycles. The molecule has 0 radical (unpaired) electrons. The number of nitrogens with one attached hydrogen (secondary N) is 2. The smallest absolute Gasteiger partial charge is 0.255 e. The number of hydrogen-bond acceptors (Lipinski definition) is 4. The molecule has 0 bridgehead atoms. The Bertz CT molecular complexity index is 1080. The van der Waals surface area contributed by atoms with Gasteiger partial charge >= 0.3 is 0 Å². The van der Waals surface area contributed by atoms with E-state index in [0.717, 1.165) is 11.1 Å². The predicted molar refractivity (Wildman–Crippen MR) is 127 cm³/mol. The summed E-state index contributed by atoms with van der Waals surface area (Å²) in [5.41, 5.74) is 4.85. The summed E-state index contributed by atoms with van der Waals surface area (Å²) in [5, 5.41) is 5.57. The number of carbonyl (C=O) groups excluding carboxylic acids is 2. The highest BCUT2D eigenvalue weighted by Crippen LogP contribution is 2.10. The van der Waals surface area contributed by atoms with Crippen molar-refractivity contribution in [2.45, 2.75) is 13.8 Å². The van der Waals surface area contributed by atoms with Gasteiger partial charge in [-0.25, -0.2) is 0 Å². The van der Waals surface area contributed by atoms with Crippen LogP contribution in [0.25, 0.3) is 0 Å². The summed E-state index contributed by atoms with van der Waals surface area (Å²) in [5.74, 6) is -0.228. The summed E-state index contributed by atoms with van der Waals surface area (Å²) >= 11 is 0. The fourth-order valence-electron chi connectivity index (χ4n) is 2.85. The van der Waals surface area contributed by atoms with Gasteiger partial charge < -0.3 is 10.6 Å². The van der Waals surface area contributed by atoms with Gasteiger partial charge in [0.1, 0.15) is 0 Å². The molecule has 0 unspecified atom stereocenters. The average Bonchev–Trinajstić information content (AvgIpc) is 2.81. The Morgan fingerprint density at radius 2 is 1.06 bits per heavy atom. The molecule has 0 aliphatic rings. The first-order chi connectivity index (χ1) is 15.5. The minimum Gasteiger partial charge on any atom is -0.321 e. The molecular weight excluding hydrogens is 400 g/mol. The van der Waals surface area contributed by atoms with Crippen molar-refractivity contribution in [1.82, 2.24) is 9.97 Å². The number of pyridine rings is 2. The molecule has 4 rings (SSSR count). The molecule has 2 aromatic heterocycles. The van der Waals surface area contributed by atoms with Crippen LogP contribution in [0.3, 0.4) is 0 Å². The SMILES string of the molecule is Cc1cccc(C(=O)Nc2cccnc2)c1.Cc1cccc(C(=O)Nc2cccnc2)c1. The molecule has 0 aliphatic carbocycles. The number of amides is 2. The van der Waals surface area contributed by atoms with Gasteiger partial charge in [-0.3, -0.25) is 19.6 Å². The first-order valence-electron chi connectivity index (χ1n) is 10.1. The van der Waals surface area contributed by atoms with E-state index in [9.17, 15) is 9.59 Å². The normalized spacial score (nSPS) is 9.81. The van der Waals surface area contributed by atoms with Crippen molar-refractivity contribution in [1.29, 1.82) is 0 Å². The van der Waals surface area contributed by atoms with Crippen molar-refractivity contribution in [2.24, 2.45) is 0 Å². The van der Waals surface area contributed by atoms with Crippen LogP contribution in [0.15, 0.2) is 97.6 Å². The monoisotopic (exact) mass is 424 g/mol. The van der Waals surface area contributed by atoms with E-state index in [1.54, 1.807) is 61.2 Å². The molecule has 2 amide bonds. The highest BCUT2D eigenvalue weighted by atomic mass is 16.2. The van der Waals surface area contributed by atoms with Crippen LogP contribution in [0.4, 0.5) is 11.4 Å². The van der Waals surface area contributed by atoms with E-state index in [2.05, 4.69) is 20.6 Å². The second-order valence-corrected chi connectivity index (χ2v) is 7.13. The average molecular weight is 425 g/mol. The summed E-state index contributed by atoms with van der Waals surface area (Å²) in [4.78, 5) is 31.5. The van der Waals surface area contributed by atoms with Crippen LogP contribution in [-0.2, 0) is 0 Å². The quantitative estimate of drug-likeness (QED) is 0.467. The molecule has 0 saturated heterocycles. The van der Waals surface area contributed by atoms with Gasteiger partial charge in [0, 0.05) is 23.5 Å². The zero-order valence-corrected chi connectivity index (χ0v) is 17.9. The van der Waals surface area contributed by atoms with Crippen LogP contribution in [-0.4, -0.2) is 21.8 Å². The van der Waals surface area contributed by atoms with Gasteiger partial charge in [0.05, 0.1) is 23.8 Å². The van der Waals surface area contributed by atoms with Gasteiger partial charge in [-0.1, -0.05) is 35.4 Å². The molecule has 2 heterocycles. The first-order valence-corrected chi connectivity index (χ1v) is 10.1. The minimum absolute atomic E-state index is 0.114. The second kappa shape index (κ2) is 11.2. The zero-order chi connectivity index (χ0) is 22.8. The van der Waals surface area contributed by atoms with Gasteiger partial charge in [0.15, 0.2) is 0 Å². The van der Waals surface area contributed by atoms with Crippen molar-refractivity contribution < 1.29 is 9.59 Å². The van der Waals surface area contributed by atoms with E-state index < -0.39 is 0 Å². The Hall–Kier alpha value is -4.32. The molecule has 6 nitrogen and oxygen atoms in total. The third-order valence-electron chi connectivity index (χ3n) is 4.40. The molecule has 4 aromatic rings. The number of anilines is 2. The number of benzene rings is 2. The fraction of sp³-hybridized carbons (Fsp3) is 0.0769. The molecule has 6 heteroatoms. The number of rotatable bonds is 4. The molecule has 0 fully saturated rings. The molecule has 32 heavy (non-hydrogen) atoms. The molecule has 0 atom stereocenters. The van der Waals surface area contributed by atoms with E-state index in [4.69, 9.17) is 0 Å². The number of carbonyl (C=O) groups is 2. The summed E-state index contributed by atoms with van der Waals surface area (Å²) in [6.45, 7) is 3.92. The van der Waals surface area contributed by atoms with Gasteiger partial charge in [0.2, 0.25) is 0 Å². The Balaban J connectivity index is 0.000000181. The van der Waals surface area contributed by atoms with E-state index in [-0.39, 0.29) is 11.8 Å². The van der Waals surface area contributed by atoms with Crippen LogP contribution < -0.4 is 10.6 Å². The van der Waals surface area contributed by atoms with Crippen LogP contribution in [0, 0.1) is 13.8 Å². The maximum Gasteiger partial charge on any atom is 0.255 e. The Morgan fingerprint density at radius 1 is 0.625 bits per heavy atom. The predicted octanol–water partition coefficient (Wildman–Crippen LogP) is 5.28. The van der Waals surface area contributed by atoms with Crippen molar-refractivity contribution >= 4 is 23.2 Å². The van der Waals surface area contributed by atoms with Crippen LogP contribution in [0.5, 0.6) is 0 Å². The lowest BCUT2D eigenvalue weighted by Crippen LogP contribution is -2.11. The van der Waals surface area contributed by atoms with Crippen molar-refractivity contribution in [2.75, 3.05) is 10.6 Å². The number of aromatic nitrogens is 2. The zero-order valence-electron chi connectivity index (χ0n) is 17.9. The van der Waals surface area contributed by atoms with Crippen molar-refractivity contribution in [3.05, 3.63) is 120 Å². The fourth-order valence-corrected chi connectivity index (χ4v) is 2.85. The maximum absolute atomic E-state index is 11.8. The lowest BCUT2D eigenvalue weighted by atomic mass is 10.1. The van der Waals surface area contributed by atoms with Gasteiger partial charge in [-0.15, -0.1) is 0 Å². The molecule has 0 aliphatic heterocycles. The van der Waals surface area contributed by atoms with Crippen LogP contribution in [0.2, 0.25) is 0 Å². The number of nitrogens with zero attached hydrogens (tertiary/aromatic N) is 2. The van der Waals surface area contributed by atoms with E-state index in [0.29, 0.717) is 22.5 Å². The van der Waals surface area contributed by atoms with Gasteiger partial charge in [0.25, 0.3) is 11.8 Å². The standard InChI is InChI=1S/2C13H12N2O/c2*1-10-4-2-5-11(8-10)13(16)15-12-6-3-7-14-9-12/h2*2-9H,1H3,(H,15,16). The van der Waals surface area contributed by atoms with Crippen molar-refractivity contribution in [3.8, 4) is 0 Å². The molecule has 0 spiro atoms. The second-order valence-electron chi connectivity index (χ2n) is 7.13. The minimum atomic E-state index is -0.114. The molecular formula is C26H24N4O2.